The molecule has 3 nitrogen and oxygen atoms in total. The third-order valence-electron chi connectivity index (χ3n) is 2.35. The Bertz CT molecular complexity index is 590. The molecule has 0 radical (unpaired) electrons. The number of halogens is 2. The van der Waals surface area contributed by atoms with Crippen molar-refractivity contribution < 1.29 is 0 Å². The standard InChI is InChI=1S/C13H13Cl2N3S/c1-2-3-12-17-11(16)7-13(18-12)19-10-6-8(14)4-5-9(10)15/h4-7H,2-3H2,1H3,(H2,16,17,18). The molecule has 0 spiro atoms. The second kappa shape index (κ2) is 6.46. The average molecular weight is 314 g/mol. The smallest absolute Gasteiger partial charge is 0.132 e. The molecule has 0 aliphatic carbocycles. The van der Waals surface area contributed by atoms with Crippen LogP contribution in [0.1, 0.15) is 19.2 Å². The number of aryl methyl sites for hydroxylation is 1. The fourth-order valence-electron chi connectivity index (χ4n) is 1.55. The summed E-state index contributed by atoms with van der Waals surface area (Å²) in [6.07, 6.45) is 1.79. The number of hydrogen-bond acceptors (Lipinski definition) is 4. The summed E-state index contributed by atoms with van der Waals surface area (Å²) in [7, 11) is 0. The van der Waals surface area contributed by atoms with Gasteiger partial charge in [0.2, 0.25) is 0 Å². The van der Waals surface area contributed by atoms with Gasteiger partial charge in [-0.25, -0.2) is 9.97 Å². The Morgan fingerprint density at radius 1 is 1.21 bits per heavy atom. The van der Waals surface area contributed by atoms with Crippen LogP contribution in [0.5, 0.6) is 0 Å². The van der Waals surface area contributed by atoms with Crippen molar-refractivity contribution in [1.82, 2.24) is 9.97 Å². The van der Waals surface area contributed by atoms with Crippen LogP contribution in [0.25, 0.3) is 0 Å². The largest absolute Gasteiger partial charge is 0.384 e. The van der Waals surface area contributed by atoms with Crippen LogP contribution in [0.2, 0.25) is 10.0 Å². The van der Waals surface area contributed by atoms with Crippen LogP contribution in [0.3, 0.4) is 0 Å². The maximum Gasteiger partial charge on any atom is 0.132 e. The van der Waals surface area contributed by atoms with Gasteiger partial charge in [-0.05, 0) is 24.6 Å². The van der Waals surface area contributed by atoms with Gasteiger partial charge in [0.15, 0.2) is 0 Å². The zero-order valence-corrected chi connectivity index (χ0v) is 12.7. The molecule has 1 heterocycles. The van der Waals surface area contributed by atoms with Gasteiger partial charge in [0, 0.05) is 22.4 Å². The highest BCUT2D eigenvalue weighted by atomic mass is 35.5. The highest BCUT2D eigenvalue weighted by Gasteiger charge is 2.08. The van der Waals surface area contributed by atoms with Crippen LogP contribution in [0, 0.1) is 0 Å². The van der Waals surface area contributed by atoms with E-state index in [1.807, 2.05) is 6.07 Å². The van der Waals surface area contributed by atoms with Gasteiger partial charge in [-0.15, -0.1) is 0 Å². The van der Waals surface area contributed by atoms with E-state index in [0.29, 0.717) is 15.9 Å². The molecular formula is C13H13Cl2N3S. The Hall–Kier alpha value is -0.970. The molecule has 0 atom stereocenters. The van der Waals surface area contributed by atoms with Crippen LogP contribution < -0.4 is 5.73 Å². The van der Waals surface area contributed by atoms with E-state index >= 15 is 0 Å². The fraction of sp³-hybridized carbons (Fsp3) is 0.231. The third-order valence-corrected chi connectivity index (χ3v) is 4.00. The molecule has 2 aromatic rings. The number of benzene rings is 1. The second-order valence-electron chi connectivity index (χ2n) is 3.97. The molecule has 1 aromatic heterocycles. The quantitative estimate of drug-likeness (QED) is 0.846. The predicted molar refractivity (Wildman–Crippen MR) is 81.0 cm³/mol. The Morgan fingerprint density at radius 2 is 2.00 bits per heavy atom. The maximum absolute atomic E-state index is 6.13. The number of aromatic nitrogens is 2. The number of anilines is 1. The normalized spacial score (nSPS) is 10.7. The lowest BCUT2D eigenvalue weighted by atomic mass is 10.3. The van der Waals surface area contributed by atoms with Crippen LogP contribution in [-0.2, 0) is 6.42 Å². The lowest BCUT2D eigenvalue weighted by Gasteiger charge is -2.06. The van der Waals surface area contributed by atoms with Gasteiger partial charge >= 0.3 is 0 Å². The minimum absolute atomic E-state index is 0.471. The molecule has 0 fully saturated rings. The number of nitrogen functional groups attached to an aromatic ring is 1. The summed E-state index contributed by atoms with van der Waals surface area (Å²) in [5.74, 6) is 1.22. The minimum atomic E-state index is 0.471. The molecule has 19 heavy (non-hydrogen) atoms. The topological polar surface area (TPSA) is 51.8 Å². The van der Waals surface area contributed by atoms with Crippen LogP contribution in [0.4, 0.5) is 5.82 Å². The van der Waals surface area contributed by atoms with Gasteiger partial charge in [-0.1, -0.05) is 41.9 Å². The molecule has 1 aromatic carbocycles. The summed E-state index contributed by atoms with van der Waals surface area (Å²) in [6.45, 7) is 2.08. The minimum Gasteiger partial charge on any atom is -0.384 e. The van der Waals surface area contributed by atoms with Crippen LogP contribution >= 0.6 is 35.0 Å². The predicted octanol–water partition coefficient (Wildman–Crippen LogP) is 4.47. The Morgan fingerprint density at radius 3 is 2.74 bits per heavy atom. The van der Waals surface area contributed by atoms with E-state index < -0.39 is 0 Å². The summed E-state index contributed by atoms with van der Waals surface area (Å²) in [6, 6.07) is 7.07. The molecular weight excluding hydrogens is 301 g/mol. The number of nitrogens with two attached hydrogens (primary N) is 1. The van der Waals surface area contributed by atoms with Crippen LogP contribution in [-0.4, -0.2) is 9.97 Å². The average Bonchev–Trinajstić information content (AvgIpc) is 2.33. The molecule has 6 heteroatoms. The van der Waals surface area contributed by atoms with Crippen molar-refractivity contribution in [2.24, 2.45) is 0 Å². The molecule has 2 rings (SSSR count). The van der Waals surface area contributed by atoms with Crippen molar-refractivity contribution in [2.45, 2.75) is 29.7 Å². The molecule has 0 aliphatic rings. The van der Waals surface area contributed by atoms with Gasteiger partial charge in [0.25, 0.3) is 0 Å². The van der Waals surface area contributed by atoms with E-state index in [2.05, 4.69) is 16.9 Å². The van der Waals surface area contributed by atoms with Crippen molar-refractivity contribution in [3.05, 3.63) is 40.1 Å². The SMILES string of the molecule is CCCc1nc(N)cc(Sc2cc(Cl)ccc2Cl)n1. The number of rotatable bonds is 4. The van der Waals surface area contributed by atoms with Gasteiger partial charge in [-0.2, -0.15) is 0 Å². The Kier molecular flexibility index (Phi) is 4.91. The van der Waals surface area contributed by atoms with Gasteiger partial charge < -0.3 is 5.73 Å². The molecule has 2 N–H and O–H groups in total. The van der Waals surface area contributed by atoms with Gasteiger partial charge in [-0.3, -0.25) is 0 Å². The van der Waals surface area contributed by atoms with Crippen molar-refractivity contribution in [2.75, 3.05) is 5.73 Å². The van der Waals surface area contributed by atoms with Gasteiger partial charge in [0.1, 0.15) is 16.7 Å². The second-order valence-corrected chi connectivity index (χ2v) is 5.88. The van der Waals surface area contributed by atoms with Crippen molar-refractivity contribution in [3.8, 4) is 0 Å². The van der Waals surface area contributed by atoms with E-state index in [1.54, 1.807) is 18.2 Å². The van der Waals surface area contributed by atoms with E-state index in [9.17, 15) is 0 Å². The van der Waals surface area contributed by atoms with E-state index in [1.165, 1.54) is 11.8 Å². The molecule has 0 bridgehead atoms. The Balaban J connectivity index is 2.29. The highest BCUT2D eigenvalue weighted by molar-refractivity contribution is 7.99. The third kappa shape index (κ3) is 4.00. The number of nitrogens with zero attached hydrogens (tertiary/aromatic N) is 2. The molecule has 0 amide bonds. The summed E-state index contributed by atoms with van der Waals surface area (Å²) < 4.78 is 0. The first kappa shape index (κ1) is 14.4. The van der Waals surface area contributed by atoms with Crippen LogP contribution in [0.15, 0.2) is 34.2 Å². The first-order chi connectivity index (χ1) is 9.08. The van der Waals surface area contributed by atoms with E-state index in [4.69, 9.17) is 28.9 Å². The molecule has 0 saturated heterocycles. The van der Waals surface area contributed by atoms with Gasteiger partial charge in [0.05, 0.1) is 5.02 Å². The monoisotopic (exact) mass is 313 g/mol. The molecule has 0 aliphatic heterocycles. The first-order valence-corrected chi connectivity index (χ1v) is 7.42. The molecule has 100 valence electrons. The maximum atomic E-state index is 6.13. The summed E-state index contributed by atoms with van der Waals surface area (Å²) in [5.41, 5.74) is 5.79. The summed E-state index contributed by atoms with van der Waals surface area (Å²) in [5, 5.41) is 2.06. The highest BCUT2D eigenvalue weighted by Crippen LogP contribution is 2.34. The van der Waals surface area contributed by atoms with E-state index in [-0.39, 0.29) is 0 Å². The Labute approximate surface area is 126 Å². The molecule has 0 unspecified atom stereocenters. The summed E-state index contributed by atoms with van der Waals surface area (Å²) >= 11 is 13.5. The van der Waals surface area contributed by atoms with Crippen molar-refractivity contribution in [1.29, 1.82) is 0 Å². The lowest BCUT2D eigenvalue weighted by Crippen LogP contribution is -2.00. The zero-order valence-electron chi connectivity index (χ0n) is 10.4. The van der Waals surface area contributed by atoms with E-state index in [0.717, 1.165) is 28.6 Å². The van der Waals surface area contributed by atoms with Crippen molar-refractivity contribution in [3.63, 3.8) is 0 Å². The molecule has 0 saturated carbocycles. The zero-order chi connectivity index (χ0) is 13.8. The first-order valence-electron chi connectivity index (χ1n) is 5.85. The number of hydrogen-bond donors (Lipinski definition) is 1. The fourth-order valence-corrected chi connectivity index (χ4v) is 2.93. The summed E-state index contributed by atoms with van der Waals surface area (Å²) in [4.78, 5) is 9.52. The van der Waals surface area contributed by atoms with Crippen molar-refractivity contribution >= 4 is 40.8 Å². The lowest BCUT2D eigenvalue weighted by molar-refractivity contribution is 0.813.